The van der Waals surface area contributed by atoms with Crippen LogP contribution in [0.2, 0.25) is 0 Å². The van der Waals surface area contributed by atoms with Gasteiger partial charge in [-0.05, 0) is 37.2 Å². The molecule has 0 bridgehead atoms. The maximum absolute atomic E-state index is 13.4. The molecule has 0 saturated carbocycles. The van der Waals surface area contributed by atoms with Crippen molar-refractivity contribution >= 4 is 23.0 Å². The third-order valence-electron chi connectivity index (χ3n) is 2.74. The Balaban J connectivity index is 1.86. The fourth-order valence-electron chi connectivity index (χ4n) is 1.86. The van der Waals surface area contributed by atoms with Crippen LogP contribution in [0, 0.1) is 5.82 Å². The number of hydrogen-bond donors (Lipinski definition) is 2. The van der Waals surface area contributed by atoms with Crippen LogP contribution in [0.5, 0.6) is 0 Å². The van der Waals surface area contributed by atoms with Gasteiger partial charge in [0.25, 0.3) is 0 Å². The lowest BCUT2D eigenvalue weighted by Gasteiger charge is -2.28. The summed E-state index contributed by atoms with van der Waals surface area (Å²) in [6.07, 6.45) is 3.62. The van der Waals surface area contributed by atoms with Crippen LogP contribution in [0.3, 0.4) is 0 Å². The minimum absolute atomic E-state index is 0.296. The first-order chi connectivity index (χ1) is 8.25. The molecule has 2 N–H and O–H groups in total. The Morgan fingerprint density at radius 2 is 1.88 bits per heavy atom. The summed E-state index contributed by atoms with van der Waals surface area (Å²) in [4.78, 5) is 0. The molecule has 0 unspecified atom stereocenters. The predicted octanol–water partition coefficient (Wildman–Crippen LogP) is 2.51. The molecule has 1 fully saturated rings. The molecule has 0 atom stereocenters. The Labute approximate surface area is 106 Å². The fourth-order valence-corrected chi connectivity index (χ4v) is 2.10. The average Bonchev–Trinajstić information content (AvgIpc) is 2.33. The van der Waals surface area contributed by atoms with E-state index < -0.39 is 0 Å². The maximum Gasteiger partial charge on any atom is 0.185 e. The zero-order valence-electron chi connectivity index (χ0n) is 9.58. The van der Waals surface area contributed by atoms with Crippen LogP contribution in [0.1, 0.15) is 19.3 Å². The lowest BCUT2D eigenvalue weighted by molar-refractivity contribution is 0.196. The number of hydrogen-bond acceptors (Lipinski definition) is 2. The number of anilines is 1. The molecule has 1 aliphatic heterocycles. The quantitative estimate of drug-likeness (QED) is 0.792. The number of nitrogens with zero attached hydrogens (tertiary/aromatic N) is 1. The second-order valence-corrected chi connectivity index (χ2v) is 4.50. The highest BCUT2D eigenvalue weighted by molar-refractivity contribution is 7.80. The minimum atomic E-state index is -0.296. The first-order valence-corrected chi connectivity index (χ1v) is 6.23. The molecule has 1 aliphatic rings. The van der Waals surface area contributed by atoms with E-state index in [4.69, 9.17) is 12.2 Å². The molecule has 1 aromatic carbocycles. The topological polar surface area (TPSA) is 27.3 Å². The smallest absolute Gasteiger partial charge is 0.185 e. The van der Waals surface area contributed by atoms with Crippen LogP contribution in [-0.4, -0.2) is 23.2 Å². The third kappa shape index (κ3) is 3.64. The van der Waals surface area contributed by atoms with Crippen molar-refractivity contribution in [3.8, 4) is 0 Å². The van der Waals surface area contributed by atoms with E-state index in [2.05, 4.69) is 15.8 Å². The Morgan fingerprint density at radius 1 is 1.18 bits per heavy atom. The van der Waals surface area contributed by atoms with Gasteiger partial charge >= 0.3 is 0 Å². The van der Waals surface area contributed by atoms with E-state index in [0.29, 0.717) is 10.8 Å². The van der Waals surface area contributed by atoms with Crippen LogP contribution < -0.4 is 10.7 Å². The molecule has 0 radical (unpaired) electrons. The molecule has 5 heteroatoms. The molecule has 0 aromatic heterocycles. The van der Waals surface area contributed by atoms with Gasteiger partial charge in [-0.3, -0.25) is 5.43 Å². The van der Waals surface area contributed by atoms with Crippen LogP contribution in [-0.2, 0) is 0 Å². The summed E-state index contributed by atoms with van der Waals surface area (Å²) >= 11 is 5.15. The van der Waals surface area contributed by atoms with Crippen molar-refractivity contribution in [1.82, 2.24) is 10.4 Å². The molecule has 0 spiro atoms. The predicted molar refractivity (Wildman–Crippen MR) is 71.2 cm³/mol. The Bertz CT molecular complexity index is 391. The number of para-hydroxylation sites is 1. The van der Waals surface area contributed by atoms with Gasteiger partial charge in [0.05, 0.1) is 5.69 Å². The lowest BCUT2D eigenvalue weighted by Crippen LogP contribution is -2.46. The number of thiocarbonyl (C=S) groups is 1. The number of rotatable bonds is 2. The number of nitrogens with one attached hydrogen (secondary N) is 2. The lowest BCUT2D eigenvalue weighted by atomic mass is 10.2. The zero-order valence-corrected chi connectivity index (χ0v) is 10.4. The first-order valence-electron chi connectivity index (χ1n) is 5.83. The molecule has 3 nitrogen and oxygen atoms in total. The van der Waals surface area contributed by atoms with Gasteiger partial charge in [-0.25, -0.2) is 9.40 Å². The van der Waals surface area contributed by atoms with Crippen molar-refractivity contribution in [2.24, 2.45) is 0 Å². The average molecular weight is 253 g/mol. The zero-order chi connectivity index (χ0) is 12.1. The molecule has 17 heavy (non-hydrogen) atoms. The molecule has 1 aromatic rings. The molecule has 0 amide bonds. The van der Waals surface area contributed by atoms with Gasteiger partial charge in [0.15, 0.2) is 5.11 Å². The number of benzene rings is 1. The van der Waals surface area contributed by atoms with Gasteiger partial charge in [0, 0.05) is 13.1 Å². The van der Waals surface area contributed by atoms with Gasteiger partial charge in [-0.15, -0.1) is 0 Å². The van der Waals surface area contributed by atoms with E-state index >= 15 is 0 Å². The normalized spacial score (nSPS) is 16.5. The van der Waals surface area contributed by atoms with Crippen molar-refractivity contribution in [3.05, 3.63) is 30.1 Å². The van der Waals surface area contributed by atoms with Crippen molar-refractivity contribution in [1.29, 1.82) is 0 Å². The molecular formula is C12H16FN3S. The number of halogens is 1. The highest BCUT2D eigenvalue weighted by Crippen LogP contribution is 2.12. The summed E-state index contributed by atoms with van der Waals surface area (Å²) in [6, 6.07) is 6.50. The van der Waals surface area contributed by atoms with Gasteiger partial charge in [-0.2, -0.15) is 0 Å². The molecule has 1 saturated heterocycles. The largest absolute Gasteiger partial charge is 0.329 e. The fraction of sp³-hybridized carbons (Fsp3) is 0.417. The van der Waals surface area contributed by atoms with Crippen LogP contribution >= 0.6 is 12.2 Å². The highest BCUT2D eigenvalue weighted by Gasteiger charge is 2.11. The monoisotopic (exact) mass is 253 g/mol. The Morgan fingerprint density at radius 3 is 2.59 bits per heavy atom. The summed E-state index contributed by atoms with van der Waals surface area (Å²) in [5.41, 5.74) is 3.49. The number of hydrazine groups is 1. The second-order valence-electron chi connectivity index (χ2n) is 4.09. The summed E-state index contributed by atoms with van der Waals surface area (Å²) in [7, 11) is 0. The standard InChI is InChI=1S/C12H16FN3S/c13-10-6-2-3-7-11(10)14-12(17)15-16-8-4-1-5-9-16/h2-3,6-7H,1,4-5,8-9H2,(H2,14,15,17). The summed E-state index contributed by atoms with van der Waals surface area (Å²) in [5, 5.41) is 5.37. The van der Waals surface area contributed by atoms with Gasteiger partial charge in [-0.1, -0.05) is 18.6 Å². The van der Waals surface area contributed by atoms with Crippen LogP contribution in [0.4, 0.5) is 10.1 Å². The molecular weight excluding hydrogens is 237 g/mol. The van der Waals surface area contributed by atoms with Crippen molar-refractivity contribution in [2.75, 3.05) is 18.4 Å². The van der Waals surface area contributed by atoms with Gasteiger partial charge < -0.3 is 5.32 Å². The molecule has 0 aliphatic carbocycles. The molecule has 1 heterocycles. The van der Waals surface area contributed by atoms with Crippen molar-refractivity contribution in [3.63, 3.8) is 0 Å². The van der Waals surface area contributed by atoms with Gasteiger partial charge in [0.1, 0.15) is 5.82 Å². The van der Waals surface area contributed by atoms with E-state index in [1.807, 2.05) is 0 Å². The van der Waals surface area contributed by atoms with E-state index in [0.717, 1.165) is 13.1 Å². The second kappa shape index (κ2) is 5.93. The van der Waals surface area contributed by atoms with Crippen LogP contribution in [0.15, 0.2) is 24.3 Å². The third-order valence-corrected chi connectivity index (χ3v) is 2.93. The Kier molecular flexibility index (Phi) is 4.28. The minimum Gasteiger partial charge on any atom is -0.329 e. The first kappa shape index (κ1) is 12.3. The van der Waals surface area contributed by atoms with E-state index in [1.165, 1.54) is 25.3 Å². The SMILES string of the molecule is Fc1ccccc1NC(=S)NN1CCCCC1. The molecule has 92 valence electrons. The maximum atomic E-state index is 13.4. The van der Waals surface area contributed by atoms with E-state index in [9.17, 15) is 4.39 Å². The van der Waals surface area contributed by atoms with Crippen molar-refractivity contribution in [2.45, 2.75) is 19.3 Å². The Hall–Kier alpha value is -1.20. The summed E-state index contributed by atoms with van der Waals surface area (Å²) in [5.74, 6) is -0.296. The van der Waals surface area contributed by atoms with Gasteiger partial charge in [0.2, 0.25) is 0 Å². The van der Waals surface area contributed by atoms with E-state index in [1.54, 1.807) is 18.2 Å². The van der Waals surface area contributed by atoms with Crippen LogP contribution in [0.25, 0.3) is 0 Å². The summed E-state index contributed by atoms with van der Waals surface area (Å²) in [6.45, 7) is 1.97. The summed E-state index contributed by atoms with van der Waals surface area (Å²) < 4.78 is 13.4. The van der Waals surface area contributed by atoms with Crippen molar-refractivity contribution < 1.29 is 4.39 Å². The number of piperidine rings is 1. The molecule has 2 rings (SSSR count). The highest BCUT2D eigenvalue weighted by atomic mass is 32.1. The van der Waals surface area contributed by atoms with E-state index in [-0.39, 0.29) is 5.82 Å².